The van der Waals surface area contributed by atoms with Gasteiger partial charge in [-0.25, -0.2) is 4.98 Å². The molecule has 1 amide bonds. The van der Waals surface area contributed by atoms with Gasteiger partial charge < -0.3 is 10.6 Å². The summed E-state index contributed by atoms with van der Waals surface area (Å²) in [5.74, 6) is 0.209. The Balaban J connectivity index is 2.21. The maximum Gasteiger partial charge on any atom is 0.257 e. The Morgan fingerprint density at radius 1 is 1.25 bits per heavy atom. The Morgan fingerprint density at radius 3 is 2.60 bits per heavy atom. The molecule has 0 aliphatic rings. The molecule has 0 spiro atoms. The van der Waals surface area contributed by atoms with Crippen LogP contribution in [0.15, 0.2) is 30.5 Å². The minimum atomic E-state index is -0.315. The molecule has 1 aromatic heterocycles. The summed E-state index contributed by atoms with van der Waals surface area (Å²) < 4.78 is 0.994. The van der Waals surface area contributed by atoms with Crippen LogP contribution in [-0.4, -0.2) is 17.9 Å². The highest BCUT2D eigenvalue weighted by molar-refractivity contribution is 14.1. The number of hydrogen-bond acceptors (Lipinski definition) is 3. The predicted molar refractivity (Wildman–Crippen MR) is 90.9 cm³/mol. The number of amides is 1. The van der Waals surface area contributed by atoms with Crippen LogP contribution in [0.2, 0.25) is 10.0 Å². The van der Waals surface area contributed by atoms with Gasteiger partial charge in [0.05, 0.1) is 21.3 Å². The van der Waals surface area contributed by atoms with Gasteiger partial charge in [-0.15, -0.1) is 0 Å². The average molecular weight is 422 g/mol. The minimum absolute atomic E-state index is 0.315. The quantitative estimate of drug-likeness (QED) is 0.727. The van der Waals surface area contributed by atoms with Gasteiger partial charge in [-0.05, 0) is 46.9 Å². The number of nitrogens with zero attached hydrogens (tertiary/aromatic N) is 1. The van der Waals surface area contributed by atoms with Crippen molar-refractivity contribution in [2.75, 3.05) is 17.7 Å². The van der Waals surface area contributed by atoms with Crippen LogP contribution < -0.4 is 10.6 Å². The number of carbonyl (C=O) groups is 1. The fraction of sp³-hybridized carbons (Fsp3) is 0.0769. The topological polar surface area (TPSA) is 54.0 Å². The van der Waals surface area contributed by atoms with Crippen molar-refractivity contribution in [1.29, 1.82) is 0 Å². The van der Waals surface area contributed by atoms with E-state index in [2.05, 4.69) is 38.2 Å². The molecular weight excluding hydrogens is 412 g/mol. The van der Waals surface area contributed by atoms with E-state index in [1.54, 1.807) is 25.2 Å². The minimum Gasteiger partial charge on any atom is -0.372 e. The number of rotatable bonds is 3. The van der Waals surface area contributed by atoms with Crippen LogP contribution in [0.4, 0.5) is 11.5 Å². The normalized spacial score (nSPS) is 10.2. The van der Waals surface area contributed by atoms with Crippen molar-refractivity contribution in [3.63, 3.8) is 0 Å². The molecule has 0 radical (unpaired) electrons. The first kappa shape index (κ1) is 15.3. The summed E-state index contributed by atoms with van der Waals surface area (Å²) in [7, 11) is 1.71. The predicted octanol–water partition coefficient (Wildman–Crippen LogP) is 4.29. The van der Waals surface area contributed by atoms with Crippen molar-refractivity contribution in [3.05, 3.63) is 49.6 Å². The Morgan fingerprint density at radius 2 is 2.00 bits per heavy atom. The lowest BCUT2D eigenvalue weighted by Gasteiger charge is -2.09. The van der Waals surface area contributed by atoms with Gasteiger partial charge in [0, 0.05) is 16.8 Å². The zero-order valence-corrected chi connectivity index (χ0v) is 14.0. The lowest BCUT2D eigenvalue weighted by atomic mass is 10.2. The van der Waals surface area contributed by atoms with E-state index < -0.39 is 0 Å². The molecule has 4 nitrogen and oxygen atoms in total. The first-order valence-electron chi connectivity index (χ1n) is 5.61. The van der Waals surface area contributed by atoms with Gasteiger partial charge in [0.2, 0.25) is 0 Å². The second-order valence-corrected chi connectivity index (χ2v) is 5.94. The highest BCUT2D eigenvalue weighted by atomic mass is 127. The van der Waals surface area contributed by atoms with Gasteiger partial charge >= 0.3 is 0 Å². The number of carbonyl (C=O) groups excluding carboxylic acids is 1. The molecule has 1 heterocycles. The lowest BCUT2D eigenvalue weighted by molar-refractivity contribution is 0.102. The Labute approximate surface area is 140 Å². The van der Waals surface area contributed by atoms with Crippen molar-refractivity contribution >= 4 is 63.2 Å². The van der Waals surface area contributed by atoms with E-state index in [1.807, 2.05) is 6.07 Å². The van der Waals surface area contributed by atoms with Crippen LogP contribution >= 0.6 is 45.8 Å². The standard InChI is InChI=1S/C13H10Cl2IN3O/c1-17-12-10(15)4-7(6-18-12)13(20)19-11-3-2-8(16)5-9(11)14/h2-6H,1H3,(H,17,18)(H,19,20). The van der Waals surface area contributed by atoms with Crippen LogP contribution in [0, 0.1) is 3.57 Å². The first-order valence-corrected chi connectivity index (χ1v) is 7.44. The Hall–Kier alpha value is -1.05. The van der Waals surface area contributed by atoms with E-state index >= 15 is 0 Å². The van der Waals surface area contributed by atoms with Crippen molar-refractivity contribution in [2.24, 2.45) is 0 Å². The largest absolute Gasteiger partial charge is 0.372 e. The third kappa shape index (κ3) is 3.53. The molecule has 2 rings (SSSR count). The number of hydrogen-bond donors (Lipinski definition) is 2. The van der Waals surface area contributed by atoms with Crippen molar-refractivity contribution < 1.29 is 4.79 Å². The van der Waals surface area contributed by atoms with Crippen LogP contribution in [0.1, 0.15) is 10.4 Å². The lowest BCUT2D eigenvalue weighted by Crippen LogP contribution is -2.13. The van der Waals surface area contributed by atoms with E-state index in [0.29, 0.717) is 27.1 Å². The zero-order chi connectivity index (χ0) is 14.7. The summed E-state index contributed by atoms with van der Waals surface area (Å²) in [5, 5.41) is 6.42. The molecule has 0 atom stereocenters. The van der Waals surface area contributed by atoms with E-state index in [-0.39, 0.29) is 5.91 Å². The van der Waals surface area contributed by atoms with E-state index in [9.17, 15) is 4.79 Å². The highest BCUT2D eigenvalue weighted by Crippen LogP contribution is 2.25. The van der Waals surface area contributed by atoms with Crippen molar-refractivity contribution in [1.82, 2.24) is 4.98 Å². The monoisotopic (exact) mass is 421 g/mol. The molecule has 0 unspecified atom stereocenters. The third-order valence-electron chi connectivity index (χ3n) is 2.52. The maximum absolute atomic E-state index is 12.1. The summed E-state index contributed by atoms with van der Waals surface area (Å²) in [6.07, 6.45) is 1.45. The van der Waals surface area contributed by atoms with Gasteiger partial charge in [-0.1, -0.05) is 23.2 Å². The van der Waals surface area contributed by atoms with Gasteiger partial charge in [0.1, 0.15) is 5.82 Å². The fourth-order valence-electron chi connectivity index (χ4n) is 1.53. The number of aromatic nitrogens is 1. The SMILES string of the molecule is CNc1ncc(C(=O)Nc2ccc(I)cc2Cl)cc1Cl. The van der Waals surface area contributed by atoms with Gasteiger partial charge in [-0.2, -0.15) is 0 Å². The molecule has 2 aromatic rings. The molecule has 2 N–H and O–H groups in total. The van der Waals surface area contributed by atoms with Crippen LogP contribution in [0.3, 0.4) is 0 Å². The number of nitrogens with one attached hydrogen (secondary N) is 2. The molecular formula is C13H10Cl2IN3O. The molecule has 20 heavy (non-hydrogen) atoms. The maximum atomic E-state index is 12.1. The summed E-state index contributed by atoms with van der Waals surface area (Å²) >= 11 is 14.2. The van der Waals surface area contributed by atoms with Crippen molar-refractivity contribution in [3.8, 4) is 0 Å². The second kappa shape index (κ2) is 6.60. The molecule has 104 valence electrons. The molecule has 0 saturated heterocycles. The van der Waals surface area contributed by atoms with Gasteiger partial charge in [0.25, 0.3) is 5.91 Å². The van der Waals surface area contributed by atoms with Crippen molar-refractivity contribution in [2.45, 2.75) is 0 Å². The molecule has 0 bridgehead atoms. The number of pyridine rings is 1. The van der Waals surface area contributed by atoms with E-state index in [0.717, 1.165) is 3.57 Å². The summed E-state index contributed by atoms with van der Waals surface area (Å²) in [6, 6.07) is 6.93. The summed E-state index contributed by atoms with van der Waals surface area (Å²) in [6.45, 7) is 0. The summed E-state index contributed by atoms with van der Waals surface area (Å²) in [4.78, 5) is 16.2. The first-order chi connectivity index (χ1) is 9.51. The molecule has 0 aliphatic carbocycles. The summed E-state index contributed by atoms with van der Waals surface area (Å²) in [5.41, 5.74) is 0.912. The average Bonchev–Trinajstić information content (AvgIpc) is 2.41. The Kier molecular flexibility index (Phi) is 5.06. The second-order valence-electron chi connectivity index (χ2n) is 3.88. The van der Waals surface area contributed by atoms with Crippen LogP contribution in [0.25, 0.3) is 0 Å². The molecule has 0 aliphatic heterocycles. The number of anilines is 2. The molecule has 1 aromatic carbocycles. The fourth-order valence-corrected chi connectivity index (χ4v) is 2.70. The third-order valence-corrected chi connectivity index (χ3v) is 3.79. The Bertz CT molecular complexity index is 664. The van der Waals surface area contributed by atoms with E-state index in [4.69, 9.17) is 23.2 Å². The van der Waals surface area contributed by atoms with E-state index in [1.165, 1.54) is 6.20 Å². The zero-order valence-electron chi connectivity index (χ0n) is 10.4. The van der Waals surface area contributed by atoms with Gasteiger partial charge in [0.15, 0.2) is 0 Å². The number of halogens is 3. The molecule has 0 saturated carbocycles. The molecule has 0 fully saturated rings. The molecule has 7 heteroatoms. The van der Waals surface area contributed by atoms with Crippen LogP contribution in [0.5, 0.6) is 0 Å². The van der Waals surface area contributed by atoms with Crippen LogP contribution in [-0.2, 0) is 0 Å². The highest BCUT2D eigenvalue weighted by Gasteiger charge is 2.11. The van der Waals surface area contributed by atoms with Gasteiger partial charge in [-0.3, -0.25) is 4.79 Å². The number of benzene rings is 1. The smallest absolute Gasteiger partial charge is 0.257 e.